The second-order valence-corrected chi connectivity index (χ2v) is 21.8. The zero-order valence-corrected chi connectivity index (χ0v) is 46.0. The molecule has 2 fully saturated rings. The standard InChI is InChI=1S/C65H84N2O11/c1-3-5-6-7-8-9-10-11-12-21-40-72-64(70)67(45-47-28-34-58-59(41-47)74-46-73-58)60-44-56(66-78-61-27-18-22-39-71-61)54-42-50(25-16-19-36-68)53(26-17-20-37-69)62-55-43-52(33-35-57(55)77-65(60,63(54)62)75-38-4-2)76-51-31-29-49(30-32-51)48-23-14-13-15-24-48/h4,13-15,23-24,28-35,41-43,50,53,60-63,68-69H,2-3,5-12,16-22,25-27,36-40,44-46H2,1H3/t50-,53+,60-,61?,62+,63+,65+/m0/s1. The summed E-state index contributed by atoms with van der Waals surface area (Å²) in [4.78, 5) is 23.5. The summed E-state index contributed by atoms with van der Waals surface area (Å²) < 4.78 is 45.7. The van der Waals surface area contributed by atoms with Crippen molar-refractivity contribution >= 4 is 11.8 Å². The molecule has 9 rings (SSSR count). The largest absolute Gasteiger partial charge is 0.459 e. The average molecular weight is 1070 g/mol. The summed E-state index contributed by atoms with van der Waals surface area (Å²) in [6.45, 7) is 7.82. The van der Waals surface area contributed by atoms with Gasteiger partial charge in [-0.2, -0.15) is 0 Å². The number of benzene rings is 4. The number of unbranched alkanes of at least 4 members (excludes halogenated alkanes) is 11. The Morgan fingerprint density at radius 2 is 1.50 bits per heavy atom. The van der Waals surface area contributed by atoms with Gasteiger partial charge in [-0.15, -0.1) is 6.58 Å². The molecule has 0 spiro atoms. The van der Waals surface area contributed by atoms with Gasteiger partial charge in [0.2, 0.25) is 18.9 Å². The molecule has 1 unspecified atom stereocenters. The number of hydrogen-bond donors (Lipinski definition) is 2. The van der Waals surface area contributed by atoms with Crippen LogP contribution in [0.2, 0.25) is 0 Å². The topological polar surface area (TPSA) is 147 Å². The molecule has 3 heterocycles. The molecular formula is C65H84N2O11. The zero-order chi connectivity index (χ0) is 53.9. The Morgan fingerprint density at radius 1 is 0.782 bits per heavy atom. The van der Waals surface area contributed by atoms with Gasteiger partial charge in [0.25, 0.3) is 0 Å². The second-order valence-electron chi connectivity index (χ2n) is 21.8. The van der Waals surface area contributed by atoms with E-state index in [0.717, 1.165) is 85.6 Å². The quantitative estimate of drug-likeness (QED) is 0.0292. The molecule has 0 aromatic heterocycles. The maximum Gasteiger partial charge on any atom is 0.410 e. The van der Waals surface area contributed by atoms with Gasteiger partial charge in [-0.05, 0) is 122 Å². The number of fused-ring (bicyclic) bond motifs is 3. The number of nitrogens with zero attached hydrogens (tertiary/aromatic N) is 2. The van der Waals surface area contributed by atoms with Crippen molar-refractivity contribution in [3.05, 3.63) is 126 Å². The minimum atomic E-state index is -1.49. The summed E-state index contributed by atoms with van der Waals surface area (Å²) in [7, 11) is 0. The van der Waals surface area contributed by atoms with Crippen LogP contribution in [0.15, 0.2) is 120 Å². The van der Waals surface area contributed by atoms with E-state index in [1.165, 1.54) is 44.9 Å². The van der Waals surface area contributed by atoms with Crippen molar-refractivity contribution in [2.45, 2.75) is 166 Å². The number of ether oxygens (including phenoxy) is 7. The molecule has 3 aliphatic heterocycles. The molecule has 0 bridgehead atoms. The molecule has 5 aliphatic rings. The molecule has 1 saturated carbocycles. The predicted octanol–water partition coefficient (Wildman–Crippen LogP) is 14.6. The zero-order valence-electron chi connectivity index (χ0n) is 46.0. The number of carbonyl (C=O) groups excluding carboxylic acids is 1. The molecule has 1 saturated heterocycles. The monoisotopic (exact) mass is 1070 g/mol. The van der Waals surface area contributed by atoms with Crippen LogP contribution in [0, 0.1) is 17.8 Å². The Hall–Kier alpha value is -5.86. The lowest BCUT2D eigenvalue weighted by Gasteiger charge is -2.60. The molecule has 0 radical (unpaired) electrons. The van der Waals surface area contributed by atoms with Gasteiger partial charge in [-0.1, -0.05) is 143 Å². The molecule has 4 aromatic rings. The van der Waals surface area contributed by atoms with Gasteiger partial charge >= 0.3 is 6.09 Å². The molecular weight excluding hydrogens is 985 g/mol. The van der Waals surface area contributed by atoms with Crippen molar-refractivity contribution in [1.82, 2.24) is 4.90 Å². The predicted molar refractivity (Wildman–Crippen MR) is 303 cm³/mol. The van der Waals surface area contributed by atoms with Gasteiger partial charge in [-0.3, -0.25) is 4.90 Å². The van der Waals surface area contributed by atoms with Crippen molar-refractivity contribution in [2.75, 3.05) is 39.8 Å². The lowest BCUT2D eigenvalue weighted by atomic mass is 9.55. The number of hydrogen-bond acceptors (Lipinski definition) is 12. The van der Waals surface area contributed by atoms with E-state index in [9.17, 15) is 10.2 Å². The highest BCUT2D eigenvalue weighted by atomic mass is 16.8. The van der Waals surface area contributed by atoms with Crippen LogP contribution in [0.3, 0.4) is 0 Å². The van der Waals surface area contributed by atoms with Crippen LogP contribution in [-0.4, -0.2) is 84.9 Å². The molecule has 2 N–H and O–H groups in total. The average Bonchev–Trinajstić information content (AvgIpc) is 2.89. The van der Waals surface area contributed by atoms with Crippen LogP contribution in [0.25, 0.3) is 11.1 Å². The number of rotatable bonds is 30. The van der Waals surface area contributed by atoms with E-state index < -0.39 is 30.1 Å². The molecule has 4 aromatic carbocycles. The summed E-state index contributed by atoms with van der Waals surface area (Å²) in [6.07, 6.45) is 22.1. The van der Waals surface area contributed by atoms with Crippen LogP contribution in [0.1, 0.15) is 152 Å². The smallest absolute Gasteiger partial charge is 0.410 e. The van der Waals surface area contributed by atoms with Crippen molar-refractivity contribution in [2.24, 2.45) is 22.9 Å². The highest BCUT2D eigenvalue weighted by Crippen LogP contribution is 2.62. The first-order chi connectivity index (χ1) is 38.4. The van der Waals surface area contributed by atoms with Gasteiger partial charge in [0, 0.05) is 44.1 Å². The summed E-state index contributed by atoms with van der Waals surface area (Å²) in [5, 5.41) is 25.4. The fourth-order valence-corrected chi connectivity index (χ4v) is 12.5. The number of aliphatic hydroxyl groups excluding tert-OH is 2. The first kappa shape index (κ1) is 56.8. The number of aliphatic hydroxyl groups is 2. The van der Waals surface area contributed by atoms with E-state index in [2.05, 4.69) is 49.9 Å². The van der Waals surface area contributed by atoms with E-state index in [1.54, 1.807) is 11.0 Å². The van der Waals surface area contributed by atoms with E-state index in [4.69, 9.17) is 43.2 Å². The molecule has 13 heteroatoms. The maximum absolute atomic E-state index is 15.3. The fourth-order valence-electron chi connectivity index (χ4n) is 12.5. The van der Waals surface area contributed by atoms with Crippen molar-refractivity contribution in [3.8, 4) is 39.9 Å². The summed E-state index contributed by atoms with van der Waals surface area (Å²) in [5.41, 5.74) is 5.64. The minimum Gasteiger partial charge on any atom is -0.459 e. The molecule has 420 valence electrons. The number of amides is 1. The Kier molecular flexibility index (Phi) is 21.0. The highest BCUT2D eigenvalue weighted by Gasteiger charge is 2.66. The maximum atomic E-state index is 15.3. The number of carbonyl (C=O) groups is 1. The van der Waals surface area contributed by atoms with Crippen molar-refractivity contribution in [1.29, 1.82) is 0 Å². The van der Waals surface area contributed by atoms with Crippen LogP contribution >= 0.6 is 0 Å². The fraction of sp³-hybridized carbons (Fsp3) is 0.538. The van der Waals surface area contributed by atoms with E-state index in [1.807, 2.05) is 60.7 Å². The third-order valence-corrected chi connectivity index (χ3v) is 16.4. The third-order valence-electron chi connectivity index (χ3n) is 16.4. The van der Waals surface area contributed by atoms with E-state index in [0.29, 0.717) is 60.3 Å². The molecule has 1 amide bonds. The van der Waals surface area contributed by atoms with Crippen LogP contribution in [-0.2, 0) is 25.6 Å². The number of oxime groups is 1. The van der Waals surface area contributed by atoms with Crippen LogP contribution < -0.4 is 18.9 Å². The van der Waals surface area contributed by atoms with Gasteiger partial charge in [0.15, 0.2) is 11.5 Å². The first-order valence-electron chi connectivity index (χ1n) is 29.4. The molecule has 13 nitrogen and oxygen atoms in total. The summed E-state index contributed by atoms with van der Waals surface area (Å²) >= 11 is 0. The highest BCUT2D eigenvalue weighted by molar-refractivity contribution is 6.03. The Balaban J connectivity index is 1.13. The normalized spacial score (nSPS) is 23.4. The molecule has 2 aliphatic carbocycles. The third kappa shape index (κ3) is 14.1. The van der Waals surface area contributed by atoms with Gasteiger partial charge in [0.05, 0.1) is 31.5 Å². The van der Waals surface area contributed by atoms with Gasteiger partial charge in [0.1, 0.15) is 23.3 Å². The molecule has 78 heavy (non-hydrogen) atoms. The lowest BCUT2D eigenvalue weighted by molar-refractivity contribution is -0.256. The minimum absolute atomic E-state index is 0.0203. The van der Waals surface area contributed by atoms with Gasteiger partial charge in [-0.25, -0.2) is 4.79 Å². The summed E-state index contributed by atoms with van der Waals surface area (Å²) in [5.74, 6) is 1.04. The first-order valence-corrected chi connectivity index (χ1v) is 29.4. The van der Waals surface area contributed by atoms with Crippen LogP contribution in [0.5, 0.6) is 28.7 Å². The Morgan fingerprint density at radius 3 is 2.24 bits per heavy atom. The van der Waals surface area contributed by atoms with Crippen LogP contribution in [0.4, 0.5) is 4.79 Å². The van der Waals surface area contributed by atoms with Crippen molar-refractivity contribution in [3.63, 3.8) is 0 Å². The second kappa shape index (κ2) is 28.9. The van der Waals surface area contributed by atoms with Crippen molar-refractivity contribution < 1.29 is 53.0 Å². The SMILES string of the molecule is C=CCO[C@@]12Oc3ccc(Oc4ccc(-c5ccccc5)cc4)cc3[C@H]3[C@H](CCCCO)[C@@H](CCCCO)C=C(C(=NOC4CCCCO4)C[C@@H]1N(Cc1ccc4c(c1)OCO4)C(=O)OCCCCCCCCCCCC)[C@H]32. The lowest BCUT2D eigenvalue weighted by Crippen LogP contribution is -2.70. The van der Waals surface area contributed by atoms with E-state index >= 15 is 4.79 Å². The Labute approximate surface area is 462 Å². The van der Waals surface area contributed by atoms with Gasteiger partial charge < -0.3 is 48.2 Å². The molecule has 7 atom stereocenters. The number of allylic oxidation sites excluding steroid dienone is 1. The van der Waals surface area contributed by atoms with E-state index in [-0.39, 0.29) is 63.9 Å². The summed E-state index contributed by atoms with van der Waals surface area (Å²) in [6, 6.07) is 29.4. The Bertz CT molecular complexity index is 2580.